The van der Waals surface area contributed by atoms with E-state index in [1.165, 1.54) is 43.6 Å². The Bertz CT molecular complexity index is 1510. The van der Waals surface area contributed by atoms with Gasteiger partial charge < -0.3 is 5.32 Å². The van der Waals surface area contributed by atoms with Crippen molar-refractivity contribution in [1.82, 2.24) is 15.3 Å². The topological polar surface area (TPSA) is 101 Å². The SMILES string of the molecule is CC(NC(=O)c1ccc(Br)cc1NS(=O)(=O)c1cccc2nccnc12)c1ccc(F)cc1F. The van der Waals surface area contributed by atoms with Crippen molar-refractivity contribution in [3.05, 3.63) is 94.2 Å². The van der Waals surface area contributed by atoms with E-state index in [1.54, 1.807) is 18.2 Å². The zero-order chi connectivity index (χ0) is 24.5. The van der Waals surface area contributed by atoms with E-state index >= 15 is 0 Å². The molecule has 3 aromatic carbocycles. The largest absolute Gasteiger partial charge is 0.345 e. The second kappa shape index (κ2) is 9.43. The van der Waals surface area contributed by atoms with E-state index < -0.39 is 33.6 Å². The second-order valence-corrected chi connectivity index (χ2v) is 9.90. The van der Waals surface area contributed by atoms with E-state index in [0.29, 0.717) is 9.99 Å². The molecule has 1 amide bonds. The third kappa shape index (κ3) is 4.90. The van der Waals surface area contributed by atoms with Crippen molar-refractivity contribution in [3.8, 4) is 0 Å². The summed E-state index contributed by atoms with van der Waals surface area (Å²) < 4.78 is 56.7. The highest BCUT2D eigenvalue weighted by Crippen LogP contribution is 2.27. The van der Waals surface area contributed by atoms with Crippen molar-refractivity contribution >= 4 is 48.6 Å². The Morgan fingerprint density at radius 3 is 2.56 bits per heavy atom. The number of hydrogen-bond donors (Lipinski definition) is 2. The Hall–Kier alpha value is -3.44. The van der Waals surface area contributed by atoms with E-state index in [9.17, 15) is 22.0 Å². The summed E-state index contributed by atoms with van der Waals surface area (Å²) >= 11 is 3.28. The Labute approximate surface area is 202 Å². The first kappa shape index (κ1) is 23.7. The molecule has 0 saturated heterocycles. The maximum absolute atomic E-state index is 14.1. The number of amides is 1. The van der Waals surface area contributed by atoms with Gasteiger partial charge in [0.1, 0.15) is 22.0 Å². The fraction of sp³-hybridized carbons (Fsp3) is 0.0870. The highest BCUT2D eigenvalue weighted by molar-refractivity contribution is 9.10. The molecule has 4 aromatic rings. The number of anilines is 1. The van der Waals surface area contributed by atoms with Gasteiger partial charge in [0.15, 0.2) is 0 Å². The smallest absolute Gasteiger partial charge is 0.264 e. The van der Waals surface area contributed by atoms with Crippen LogP contribution in [0.2, 0.25) is 0 Å². The summed E-state index contributed by atoms with van der Waals surface area (Å²) in [5.74, 6) is -2.19. The number of halogens is 3. The fourth-order valence-corrected chi connectivity index (χ4v) is 4.99. The Kier molecular flexibility index (Phi) is 6.58. The first-order valence-corrected chi connectivity index (χ1v) is 12.2. The lowest BCUT2D eigenvalue weighted by atomic mass is 10.1. The van der Waals surface area contributed by atoms with Gasteiger partial charge >= 0.3 is 0 Å². The summed E-state index contributed by atoms with van der Waals surface area (Å²) in [6.45, 7) is 1.53. The first-order chi connectivity index (χ1) is 16.2. The fourth-order valence-electron chi connectivity index (χ4n) is 3.39. The monoisotopic (exact) mass is 546 g/mol. The maximum Gasteiger partial charge on any atom is 0.264 e. The molecule has 4 rings (SSSR count). The molecule has 0 saturated carbocycles. The average Bonchev–Trinajstić information content (AvgIpc) is 2.78. The van der Waals surface area contributed by atoms with Gasteiger partial charge in [-0.05, 0) is 43.3 Å². The summed E-state index contributed by atoms with van der Waals surface area (Å²) in [7, 11) is -4.16. The maximum atomic E-state index is 14.1. The zero-order valence-corrected chi connectivity index (χ0v) is 20.0. The van der Waals surface area contributed by atoms with Gasteiger partial charge in [0, 0.05) is 28.5 Å². The third-order valence-corrected chi connectivity index (χ3v) is 6.89. The summed E-state index contributed by atoms with van der Waals surface area (Å²) in [4.78, 5) is 21.1. The summed E-state index contributed by atoms with van der Waals surface area (Å²) in [5, 5.41) is 2.61. The molecule has 1 aromatic heterocycles. The van der Waals surface area contributed by atoms with Crippen LogP contribution in [0.5, 0.6) is 0 Å². The number of carbonyl (C=O) groups excluding carboxylic acids is 1. The lowest BCUT2D eigenvalue weighted by Gasteiger charge is -2.18. The molecule has 1 atom stereocenters. The normalized spacial score (nSPS) is 12.4. The number of sulfonamides is 1. The third-order valence-electron chi connectivity index (χ3n) is 5.00. The first-order valence-electron chi connectivity index (χ1n) is 9.93. The highest BCUT2D eigenvalue weighted by atomic mass is 79.9. The van der Waals surface area contributed by atoms with Crippen molar-refractivity contribution in [2.24, 2.45) is 0 Å². The zero-order valence-electron chi connectivity index (χ0n) is 17.6. The molecule has 11 heteroatoms. The number of para-hydroxylation sites is 1. The van der Waals surface area contributed by atoms with Crippen LogP contribution in [0.3, 0.4) is 0 Å². The Morgan fingerprint density at radius 1 is 1.03 bits per heavy atom. The van der Waals surface area contributed by atoms with Crippen LogP contribution in [0.4, 0.5) is 14.5 Å². The van der Waals surface area contributed by atoms with Gasteiger partial charge in [0.2, 0.25) is 0 Å². The van der Waals surface area contributed by atoms with E-state index in [-0.39, 0.29) is 27.2 Å². The van der Waals surface area contributed by atoms with Crippen LogP contribution in [-0.4, -0.2) is 24.3 Å². The molecule has 174 valence electrons. The van der Waals surface area contributed by atoms with Gasteiger partial charge in [-0.3, -0.25) is 19.5 Å². The highest BCUT2D eigenvalue weighted by Gasteiger charge is 2.23. The van der Waals surface area contributed by atoms with Gasteiger partial charge in [0.25, 0.3) is 15.9 Å². The molecular weight excluding hydrogens is 530 g/mol. The molecule has 0 spiro atoms. The molecule has 7 nitrogen and oxygen atoms in total. The molecule has 34 heavy (non-hydrogen) atoms. The number of carbonyl (C=O) groups is 1. The van der Waals surface area contributed by atoms with Crippen LogP contribution in [0.25, 0.3) is 11.0 Å². The lowest BCUT2D eigenvalue weighted by molar-refractivity contribution is 0.0940. The van der Waals surface area contributed by atoms with Gasteiger partial charge in [0.05, 0.1) is 22.8 Å². The lowest BCUT2D eigenvalue weighted by Crippen LogP contribution is -2.28. The molecule has 1 heterocycles. The quantitative estimate of drug-likeness (QED) is 0.356. The molecule has 0 bridgehead atoms. The van der Waals surface area contributed by atoms with Crippen LogP contribution in [0.1, 0.15) is 28.9 Å². The number of nitrogens with one attached hydrogen (secondary N) is 2. The van der Waals surface area contributed by atoms with Crippen LogP contribution >= 0.6 is 15.9 Å². The molecular formula is C23H17BrF2N4O3S. The number of aromatic nitrogens is 2. The van der Waals surface area contributed by atoms with E-state index in [1.807, 2.05) is 0 Å². The predicted molar refractivity (Wildman–Crippen MR) is 127 cm³/mol. The van der Waals surface area contributed by atoms with Crippen LogP contribution in [-0.2, 0) is 10.0 Å². The van der Waals surface area contributed by atoms with E-state index in [2.05, 4.69) is 35.9 Å². The van der Waals surface area contributed by atoms with Crippen molar-refractivity contribution in [1.29, 1.82) is 0 Å². The minimum absolute atomic E-state index is 0.000420. The molecule has 0 aliphatic carbocycles. The van der Waals surface area contributed by atoms with E-state index in [4.69, 9.17) is 0 Å². The van der Waals surface area contributed by atoms with Crippen molar-refractivity contribution in [2.75, 3.05) is 4.72 Å². The number of hydrogen-bond acceptors (Lipinski definition) is 5. The van der Waals surface area contributed by atoms with Gasteiger partial charge in [-0.1, -0.05) is 28.1 Å². The predicted octanol–water partition coefficient (Wildman–Crippen LogP) is 4.96. The van der Waals surface area contributed by atoms with Gasteiger partial charge in [-0.2, -0.15) is 0 Å². The average molecular weight is 547 g/mol. The van der Waals surface area contributed by atoms with Crippen LogP contribution in [0.15, 0.2) is 76.4 Å². The molecule has 0 aliphatic rings. The Morgan fingerprint density at radius 2 is 1.79 bits per heavy atom. The summed E-state index contributed by atoms with van der Waals surface area (Å²) in [6, 6.07) is 11.2. The number of benzene rings is 3. The van der Waals surface area contributed by atoms with Crippen molar-refractivity contribution in [3.63, 3.8) is 0 Å². The summed E-state index contributed by atoms with van der Waals surface area (Å²) in [5.41, 5.74) is 0.668. The second-order valence-electron chi connectivity index (χ2n) is 7.34. The number of rotatable bonds is 6. The Balaban J connectivity index is 1.66. The molecule has 0 fully saturated rings. The number of fused-ring (bicyclic) bond motifs is 1. The molecule has 0 radical (unpaired) electrons. The molecule has 2 N–H and O–H groups in total. The summed E-state index contributed by atoms with van der Waals surface area (Å²) in [6.07, 6.45) is 2.84. The van der Waals surface area contributed by atoms with Crippen molar-refractivity contribution < 1.29 is 22.0 Å². The van der Waals surface area contributed by atoms with Crippen LogP contribution < -0.4 is 10.0 Å². The minimum atomic E-state index is -4.16. The van der Waals surface area contributed by atoms with Gasteiger partial charge in [-0.25, -0.2) is 17.2 Å². The molecule has 1 unspecified atom stereocenters. The van der Waals surface area contributed by atoms with Gasteiger partial charge in [-0.15, -0.1) is 0 Å². The minimum Gasteiger partial charge on any atom is -0.345 e. The van der Waals surface area contributed by atoms with Crippen molar-refractivity contribution in [2.45, 2.75) is 17.9 Å². The van der Waals surface area contributed by atoms with Crippen LogP contribution in [0, 0.1) is 11.6 Å². The standard InChI is InChI=1S/C23H17BrF2N4O3S/c1-13(16-8-6-15(25)12-18(16)26)29-23(31)17-7-5-14(24)11-20(17)30-34(32,33)21-4-2-3-19-22(21)28-10-9-27-19/h2-13,30H,1H3,(H,29,31). The molecule has 0 aliphatic heterocycles. The number of nitrogens with zero attached hydrogens (tertiary/aromatic N) is 2. The van der Waals surface area contributed by atoms with E-state index in [0.717, 1.165) is 12.1 Å².